The molecule has 0 aliphatic carbocycles. The third-order valence-corrected chi connectivity index (χ3v) is 8.27. The molecule has 0 spiro atoms. The summed E-state index contributed by atoms with van der Waals surface area (Å²) in [5, 5.41) is 4.85. The predicted molar refractivity (Wildman–Crippen MR) is 148 cm³/mol. The van der Waals surface area contributed by atoms with Crippen LogP contribution in [-0.4, -0.2) is 64.7 Å². The fourth-order valence-electron chi connectivity index (χ4n) is 6.38. The van der Waals surface area contributed by atoms with Gasteiger partial charge in [0.05, 0.1) is 41.4 Å². The van der Waals surface area contributed by atoms with E-state index in [1.807, 2.05) is 29.8 Å². The van der Waals surface area contributed by atoms with Crippen molar-refractivity contribution in [3.8, 4) is 0 Å². The van der Waals surface area contributed by atoms with Gasteiger partial charge >= 0.3 is 6.18 Å². The van der Waals surface area contributed by atoms with E-state index in [0.29, 0.717) is 18.8 Å². The van der Waals surface area contributed by atoms with Crippen LogP contribution in [0.2, 0.25) is 0 Å². The number of para-hydroxylation sites is 1. The van der Waals surface area contributed by atoms with Crippen LogP contribution in [0.15, 0.2) is 36.4 Å². The highest BCUT2D eigenvalue weighted by Crippen LogP contribution is 2.42. The molecule has 6 rings (SSSR count). The van der Waals surface area contributed by atoms with Crippen LogP contribution in [0, 0.1) is 19.8 Å². The average molecular weight is 568 g/mol. The van der Waals surface area contributed by atoms with E-state index < -0.39 is 29.6 Å². The molecule has 0 N–H and O–H groups in total. The van der Waals surface area contributed by atoms with Gasteiger partial charge in [-0.2, -0.15) is 18.3 Å². The number of nitrogens with zero attached hydrogens (tertiary/aromatic N) is 7. The second-order valence-corrected chi connectivity index (χ2v) is 11.3. The van der Waals surface area contributed by atoms with Crippen molar-refractivity contribution >= 4 is 29.0 Å². The number of carbonyl (C=O) groups excluding carboxylic acids is 2. The average Bonchev–Trinajstić information content (AvgIpc) is 3.44. The number of pyridine rings is 1. The maximum absolute atomic E-state index is 14.0. The predicted octanol–water partition coefficient (Wildman–Crippen LogP) is 3.76. The molecular weight excluding hydrogens is 535 g/mol. The third kappa shape index (κ3) is 4.83. The number of hydrogen-bond donors (Lipinski definition) is 0. The Labute approximate surface area is 236 Å². The summed E-state index contributed by atoms with van der Waals surface area (Å²) < 4.78 is 43.0. The molecule has 0 unspecified atom stereocenters. The summed E-state index contributed by atoms with van der Waals surface area (Å²) in [6.07, 6.45) is -4.60. The molecule has 1 aromatic carbocycles. The molecule has 2 amide bonds. The lowest BCUT2D eigenvalue weighted by molar-refractivity contribution is -0.137. The van der Waals surface area contributed by atoms with Crippen LogP contribution in [0.5, 0.6) is 0 Å². The fourth-order valence-corrected chi connectivity index (χ4v) is 6.38. The minimum atomic E-state index is -4.61. The first kappa shape index (κ1) is 27.3. The monoisotopic (exact) mass is 567 g/mol. The van der Waals surface area contributed by atoms with E-state index in [9.17, 15) is 22.8 Å². The number of carbonyl (C=O) groups is 2. The van der Waals surface area contributed by atoms with E-state index in [1.54, 1.807) is 7.05 Å². The van der Waals surface area contributed by atoms with Gasteiger partial charge in [-0.1, -0.05) is 12.1 Å². The number of hydrogen-bond acceptors (Lipinski definition) is 6. The second kappa shape index (κ2) is 9.86. The molecule has 9 nitrogen and oxygen atoms in total. The van der Waals surface area contributed by atoms with Crippen molar-refractivity contribution in [3.63, 3.8) is 0 Å². The zero-order valence-electron chi connectivity index (χ0n) is 23.4. The summed E-state index contributed by atoms with van der Waals surface area (Å²) >= 11 is 0. The molecular formula is C29H32F3N7O2. The van der Waals surface area contributed by atoms with Gasteiger partial charge in [-0.25, -0.2) is 4.98 Å². The summed E-state index contributed by atoms with van der Waals surface area (Å²) in [4.78, 5) is 38.8. The molecule has 0 radical (unpaired) electrons. The van der Waals surface area contributed by atoms with Gasteiger partial charge in [0.2, 0.25) is 11.8 Å². The van der Waals surface area contributed by atoms with E-state index in [4.69, 9.17) is 5.10 Å². The molecule has 3 aliphatic heterocycles. The molecule has 3 aromatic rings. The zero-order chi connectivity index (χ0) is 29.2. The molecule has 1 saturated heterocycles. The Kier molecular flexibility index (Phi) is 6.55. The highest BCUT2D eigenvalue weighted by molar-refractivity contribution is 6.10. The Hall–Kier alpha value is -3.93. The van der Waals surface area contributed by atoms with Crippen LogP contribution in [0.1, 0.15) is 34.6 Å². The highest BCUT2D eigenvalue weighted by atomic mass is 19.4. The van der Waals surface area contributed by atoms with E-state index in [1.165, 1.54) is 16.7 Å². The van der Waals surface area contributed by atoms with Gasteiger partial charge in [0, 0.05) is 44.7 Å². The number of amides is 2. The second-order valence-electron chi connectivity index (χ2n) is 11.3. The highest BCUT2D eigenvalue weighted by Gasteiger charge is 2.49. The smallest absolute Gasteiger partial charge is 0.363 e. The van der Waals surface area contributed by atoms with Gasteiger partial charge in [0.15, 0.2) is 0 Å². The molecule has 5 heterocycles. The summed E-state index contributed by atoms with van der Waals surface area (Å²) in [6, 6.07) is 8.61. The van der Waals surface area contributed by atoms with Crippen LogP contribution < -0.4 is 14.7 Å². The Morgan fingerprint density at radius 3 is 2.59 bits per heavy atom. The van der Waals surface area contributed by atoms with Crippen LogP contribution in [0.4, 0.5) is 30.4 Å². The topological polar surface area (TPSA) is 77.8 Å². The summed E-state index contributed by atoms with van der Waals surface area (Å²) in [7, 11) is 3.72. The van der Waals surface area contributed by atoms with Crippen LogP contribution in [0.3, 0.4) is 0 Å². The van der Waals surface area contributed by atoms with Crippen molar-refractivity contribution in [3.05, 3.63) is 64.6 Å². The minimum Gasteiger partial charge on any atom is -0.363 e. The standard InChI is InChI=1S/C29H32F3N7O2/c1-17-6-5-7-23-26(17)37(15-21-13-22-16-35(3)8-9-38(22)34-21)14-19-11-25(40)39(27(19)28(41)36(23)4)24-12-20(29(30,31)32)10-18(2)33-24/h5-7,10,12-13,19,27H,8-9,11,14-16H2,1-4H3/t19-,27+/m1/s1. The van der Waals surface area contributed by atoms with Crippen LogP contribution in [-0.2, 0) is 35.4 Å². The van der Waals surface area contributed by atoms with E-state index in [2.05, 4.69) is 27.9 Å². The number of halogens is 3. The Bertz CT molecular complexity index is 1540. The van der Waals surface area contributed by atoms with Gasteiger partial charge in [-0.15, -0.1) is 0 Å². The molecule has 12 heteroatoms. The first-order valence-electron chi connectivity index (χ1n) is 13.6. The van der Waals surface area contributed by atoms with Crippen molar-refractivity contribution in [2.75, 3.05) is 41.9 Å². The Balaban J connectivity index is 1.42. The Morgan fingerprint density at radius 2 is 1.83 bits per heavy atom. The summed E-state index contributed by atoms with van der Waals surface area (Å²) in [6.45, 7) is 6.76. The maximum atomic E-state index is 14.0. The normalized spacial score (nSPS) is 21.5. The summed E-state index contributed by atoms with van der Waals surface area (Å²) in [5.41, 5.74) is 3.75. The van der Waals surface area contributed by atoms with Gasteiger partial charge in [0.1, 0.15) is 11.9 Å². The molecule has 0 bridgehead atoms. The van der Waals surface area contributed by atoms with Crippen molar-refractivity contribution in [1.29, 1.82) is 0 Å². The molecule has 3 aliphatic rings. The lowest BCUT2D eigenvalue weighted by Crippen LogP contribution is -2.52. The zero-order valence-corrected chi connectivity index (χ0v) is 23.4. The number of aryl methyl sites for hydroxylation is 2. The molecule has 2 aromatic heterocycles. The van der Waals surface area contributed by atoms with Crippen molar-refractivity contribution in [2.24, 2.45) is 5.92 Å². The number of fused-ring (bicyclic) bond motifs is 3. The minimum absolute atomic E-state index is 0.0173. The van der Waals surface area contributed by atoms with Crippen molar-refractivity contribution < 1.29 is 22.8 Å². The van der Waals surface area contributed by atoms with Gasteiger partial charge < -0.3 is 9.80 Å². The lowest BCUT2D eigenvalue weighted by atomic mass is 9.95. The number of alkyl halides is 3. The fraction of sp³-hybridized carbons (Fsp3) is 0.448. The molecule has 2 atom stereocenters. The molecule has 41 heavy (non-hydrogen) atoms. The first-order valence-corrected chi connectivity index (χ1v) is 13.6. The van der Waals surface area contributed by atoms with E-state index in [-0.39, 0.29) is 23.8 Å². The quantitative estimate of drug-likeness (QED) is 0.480. The van der Waals surface area contributed by atoms with E-state index >= 15 is 0 Å². The number of likely N-dealkylation sites (N-methyl/N-ethyl adjacent to an activating group) is 2. The first-order chi connectivity index (χ1) is 19.4. The van der Waals surface area contributed by atoms with Crippen molar-refractivity contribution in [2.45, 2.75) is 52.1 Å². The molecule has 0 saturated carbocycles. The van der Waals surface area contributed by atoms with Crippen LogP contribution >= 0.6 is 0 Å². The SMILES string of the molecule is Cc1cc(C(F)(F)F)cc(N2C(=O)C[C@@H]3CN(Cc4cc5n(n4)CCN(C)C5)c4c(C)cccc4N(C)C(=O)[C@H]32)n1. The largest absolute Gasteiger partial charge is 0.416 e. The number of rotatable bonds is 3. The third-order valence-electron chi connectivity index (χ3n) is 8.27. The van der Waals surface area contributed by atoms with E-state index in [0.717, 1.165) is 54.4 Å². The lowest BCUT2D eigenvalue weighted by Gasteiger charge is -2.39. The van der Waals surface area contributed by atoms with Crippen molar-refractivity contribution in [1.82, 2.24) is 19.7 Å². The molecule has 216 valence electrons. The molecule has 1 fully saturated rings. The maximum Gasteiger partial charge on any atom is 0.416 e. The van der Waals surface area contributed by atoms with Crippen LogP contribution in [0.25, 0.3) is 0 Å². The van der Waals surface area contributed by atoms with Gasteiger partial charge in [-0.05, 0) is 50.7 Å². The Morgan fingerprint density at radius 1 is 1.05 bits per heavy atom. The van der Waals surface area contributed by atoms with Gasteiger partial charge in [-0.3, -0.25) is 24.1 Å². The summed E-state index contributed by atoms with van der Waals surface area (Å²) in [5.74, 6) is -1.40. The number of aromatic nitrogens is 3. The number of benzene rings is 1. The number of anilines is 3. The van der Waals surface area contributed by atoms with Gasteiger partial charge in [0.25, 0.3) is 0 Å².